The van der Waals surface area contributed by atoms with Crippen molar-refractivity contribution in [2.75, 3.05) is 0 Å². The Bertz CT molecular complexity index is 1980. The Kier molecular flexibility index (Phi) is 8.47. The van der Waals surface area contributed by atoms with E-state index in [2.05, 4.69) is 31.9 Å². The fourth-order valence-electron chi connectivity index (χ4n) is 4.63. The second kappa shape index (κ2) is 12.6. The smallest absolute Gasteiger partial charge is 0.206 e. The lowest BCUT2D eigenvalue weighted by molar-refractivity contribution is 0.482. The minimum atomic E-state index is -3.75. The summed E-state index contributed by atoms with van der Waals surface area (Å²) in [7, 11) is -3.75. The minimum Gasteiger partial charge on any atom is -0.457 e. The van der Waals surface area contributed by atoms with E-state index in [1.54, 1.807) is 48.5 Å². The molecule has 0 bridgehead atoms. The maximum Gasteiger partial charge on any atom is 0.206 e. The monoisotopic (exact) mass is 710 g/mol. The highest BCUT2D eigenvalue weighted by Crippen LogP contribution is 2.36. The van der Waals surface area contributed by atoms with Gasteiger partial charge in [0, 0.05) is 14.5 Å². The van der Waals surface area contributed by atoms with Crippen LogP contribution < -0.4 is 9.47 Å². The molecule has 43 heavy (non-hydrogen) atoms. The van der Waals surface area contributed by atoms with Crippen molar-refractivity contribution in [2.24, 2.45) is 0 Å². The number of benzene rings is 6. The van der Waals surface area contributed by atoms with Gasteiger partial charge in [0.1, 0.15) is 23.0 Å². The molecule has 0 fully saturated rings. The summed E-state index contributed by atoms with van der Waals surface area (Å²) in [6.07, 6.45) is 0. The molecule has 212 valence electrons. The molecule has 0 amide bonds. The van der Waals surface area contributed by atoms with Crippen LogP contribution in [0.4, 0.5) is 0 Å². The predicted molar refractivity (Wildman–Crippen MR) is 178 cm³/mol. The molecule has 0 radical (unpaired) electrons. The Morgan fingerprint density at radius 2 is 1.00 bits per heavy atom. The first kappa shape index (κ1) is 28.9. The third-order valence-electron chi connectivity index (χ3n) is 6.74. The van der Waals surface area contributed by atoms with E-state index in [0.717, 1.165) is 31.2 Å². The molecule has 0 spiro atoms. The first-order chi connectivity index (χ1) is 20.8. The summed E-state index contributed by atoms with van der Waals surface area (Å²) in [5.74, 6) is 2.37. The van der Waals surface area contributed by atoms with E-state index in [0.29, 0.717) is 23.0 Å². The molecule has 6 rings (SSSR count). The zero-order valence-electron chi connectivity index (χ0n) is 22.7. The van der Waals surface area contributed by atoms with Crippen LogP contribution in [0.5, 0.6) is 23.0 Å². The zero-order valence-corrected chi connectivity index (χ0v) is 26.6. The van der Waals surface area contributed by atoms with Gasteiger partial charge in [0.2, 0.25) is 9.84 Å². The quantitative estimate of drug-likeness (QED) is 0.158. The van der Waals surface area contributed by atoms with Crippen molar-refractivity contribution in [1.82, 2.24) is 0 Å². The molecule has 7 heteroatoms. The molecule has 0 aliphatic heterocycles. The largest absolute Gasteiger partial charge is 0.457 e. The van der Waals surface area contributed by atoms with Crippen LogP contribution in [0.3, 0.4) is 0 Å². The van der Waals surface area contributed by atoms with E-state index >= 15 is 0 Å². The summed E-state index contributed by atoms with van der Waals surface area (Å²) in [6.45, 7) is 0. The van der Waals surface area contributed by atoms with Gasteiger partial charge in [-0.15, -0.1) is 0 Å². The first-order valence-corrected chi connectivity index (χ1v) is 16.4. The van der Waals surface area contributed by atoms with Gasteiger partial charge in [-0.25, -0.2) is 8.42 Å². The summed E-state index contributed by atoms with van der Waals surface area (Å²) in [6, 6.07) is 44.5. The molecule has 0 N–H and O–H groups in total. The Hall–Kier alpha value is -4.17. The molecule has 0 unspecified atom stereocenters. The molecule has 0 saturated carbocycles. The number of rotatable bonds is 8. The summed E-state index contributed by atoms with van der Waals surface area (Å²) in [5, 5.41) is 0. The number of hydrogen-bond donors (Lipinski definition) is 0. The second-order valence-corrected chi connectivity index (χ2v) is 13.5. The standard InChI is InChI=1S/C36H24Br2O4S/c37-28-11-20-36(35(24-28)26-9-5-2-6-10-26)42-31-14-18-34(19-15-31)43(39,40)33-16-12-30(13-17-33)41-32-22-27(21-29(38)23-32)25-7-3-1-4-8-25/h1-24H. The summed E-state index contributed by atoms with van der Waals surface area (Å²) in [4.78, 5) is 0.346. The first-order valence-electron chi connectivity index (χ1n) is 13.4. The molecule has 0 aliphatic carbocycles. The number of hydrogen-bond acceptors (Lipinski definition) is 4. The van der Waals surface area contributed by atoms with Crippen molar-refractivity contribution in [1.29, 1.82) is 0 Å². The van der Waals surface area contributed by atoms with Crippen LogP contribution in [0, 0.1) is 0 Å². The number of sulfone groups is 1. The lowest BCUT2D eigenvalue weighted by Gasteiger charge is -2.13. The normalized spacial score (nSPS) is 11.2. The average molecular weight is 712 g/mol. The third kappa shape index (κ3) is 6.75. The molecule has 6 aromatic carbocycles. The van der Waals surface area contributed by atoms with Crippen LogP contribution in [-0.2, 0) is 9.84 Å². The Morgan fingerprint density at radius 1 is 0.442 bits per heavy atom. The van der Waals surface area contributed by atoms with Crippen molar-refractivity contribution < 1.29 is 17.9 Å². The van der Waals surface area contributed by atoms with Crippen LogP contribution >= 0.6 is 31.9 Å². The van der Waals surface area contributed by atoms with Crippen molar-refractivity contribution >= 4 is 41.7 Å². The summed E-state index contributed by atoms with van der Waals surface area (Å²) >= 11 is 7.09. The number of halogens is 2. The zero-order chi connectivity index (χ0) is 29.8. The number of ether oxygens (including phenoxy) is 2. The maximum atomic E-state index is 13.4. The van der Waals surface area contributed by atoms with Crippen LogP contribution in [-0.4, -0.2) is 8.42 Å². The molecule has 6 aromatic rings. The highest BCUT2D eigenvalue weighted by atomic mass is 79.9. The highest BCUT2D eigenvalue weighted by molar-refractivity contribution is 9.10. The molecule has 0 saturated heterocycles. The topological polar surface area (TPSA) is 52.6 Å². The van der Waals surface area contributed by atoms with E-state index in [9.17, 15) is 8.42 Å². The Balaban J connectivity index is 1.18. The van der Waals surface area contributed by atoms with E-state index in [1.807, 2.05) is 97.1 Å². The molecular formula is C36H24Br2O4S. The predicted octanol–water partition coefficient (Wildman–Crippen LogP) is 11.0. The van der Waals surface area contributed by atoms with Gasteiger partial charge in [-0.2, -0.15) is 0 Å². The van der Waals surface area contributed by atoms with Crippen molar-refractivity contribution in [2.45, 2.75) is 9.79 Å². The van der Waals surface area contributed by atoms with Crippen molar-refractivity contribution in [3.63, 3.8) is 0 Å². The van der Waals surface area contributed by atoms with Crippen LogP contribution in [0.25, 0.3) is 22.3 Å². The lowest BCUT2D eigenvalue weighted by atomic mass is 10.0. The van der Waals surface area contributed by atoms with Gasteiger partial charge in [-0.3, -0.25) is 0 Å². The van der Waals surface area contributed by atoms with Crippen molar-refractivity contribution in [3.8, 4) is 45.3 Å². The molecule has 0 heterocycles. The van der Waals surface area contributed by atoms with E-state index < -0.39 is 9.84 Å². The van der Waals surface area contributed by atoms with Gasteiger partial charge < -0.3 is 9.47 Å². The average Bonchev–Trinajstić information content (AvgIpc) is 3.03. The molecule has 4 nitrogen and oxygen atoms in total. The maximum absolute atomic E-state index is 13.4. The second-order valence-electron chi connectivity index (χ2n) is 9.70. The molecule has 0 atom stereocenters. The van der Waals surface area contributed by atoms with Crippen LogP contribution in [0.2, 0.25) is 0 Å². The lowest BCUT2D eigenvalue weighted by Crippen LogP contribution is -2.02. The van der Waals surface area contributed by atoms with E-state index in [-0.39, 0.29) is 9.79 Å². The molecular weight excluding hydrogens is 688 g/mol. The van der Waals surface area contributed by atoms with Gasteiger partial charge in [-0.1, -0.05) is 92.5 Å². The van der Waals surface area contributed by atoms with Crippen molar-refractivity contribution in [3.05, 3.63) is 155 Å². The van der Waals surface area contributed by atoms with E-state index in [4.69, 9.17) is 9.47 Å². The van der Waals surface area contributed by atoms with Gasteiger partial charge in [0.05, 0.1) is 9.79 Å². The van der Waals surface area contributed by atoms with Crippen LogP contribution in [0.1, 0.15) is 0 Å². The minimum absolute atomic E-state index is 0.173. The fraction of sp³-hybridized carbons (Fsp3) is 0. The summed E-state index contributed by atoms with van der Waals surface area (Å²) < 4.78 is 40.9. The van der Waals surface area contributed by atoms with Gasteiger partial charge in [0.15, 0.2) is 0 Å². The van der Waals surface area contributed by atoms with Gasteiger partial charge in [0.25, 0.3) is 0 Å². The summed E-state index contributed by atoms with van der Waals surface area (Å²) in [5.41, 5.74) is 4.02. The fourth-order valence-corrected chi connectivity index (χ4v) is 6.72. The Morgan fingerprint density at radius 3 is 1.60 bits per heavy atom. The Labute approximate surface area is 267 Å². The van der Waals surface area contributed by atoms with Crippen LogP contribution in [0.15, 0.2) is 164 Å². The van der Waals surface area contributed by atoms with Gasteiger partial charge in [-0.05, 0) is 102 Å². The molecule has 0 aromatic heterocycles. The SMILES string of the molecule is O=S(=O)(c1ccc(Oc2cc(Br)cc(-c3ccccc3)c2)cc1)c1ccc(Oc2ccc(Br)cc2-c2ccccc2)cc1. The van der Waals surface area contributed by atoms with Gasteiger partial charge >= 0.3 is 0 Å². The highest BCUT2D eigenvalue weighted by Gasteiger charge is 2.18. The van der Waals surface area contributed by atoms with E-state index in [1.165, 1.54) is 0 Å². The third-order valence-corrected chi connectivity index (χ3v) is 9.47. The molecule has 0 aliphatic rings.